The molecule has 2 nitrogen and oxygen atoms in total. The molecule has 4 heteroatoms. The lowest BCUT2D eigenvalue weighted by Gasteiger charge is -2.10. The standard InChI is InChI=1S/C18H18IO2S/c19-17(14-6-2-1-3-7-14)18(20)21-15-8-10-16(11-9-15)22-12-4-5-13-22/h1-3,6-11,17H,4-5,12-13H2/q+1. The van der Waals surface area contributed by atoms with Crippen LogP contribution in [-0.2, 0) is 15.7 Å². The molecule has 0 radical (unpaired) electrons. The summed E-state index contributed by atoms with van der Waals surface area (Å²) in [5, 5.41) is 0. The van der Waals surface area contributed by atoms with Crippen molar-refractivity contribution in [3.8, 4) is 5.75 Å². The highest BCUT2D eigenvalue weighted by atomic mass is 127. The number of halogens is 1. The molecule has 0 amide bonds. The number of esters is 1. The van der Waals surface area contributed by atoms with Crippen LogP contribution in [0.15, 0.2) is 59.5 Å². The van der Waals surface area contributed by atoms with Crippen LogP contribution in [0.4, 0.5) is 0 Å². The van der Waals surface area contributed by atoms with Gasteiger partial charge in [-0.2, -0.15) is 0 Å². The van der Waals surface area contributed by atoms with Crippen LogP contribution in [0.3, 0.4) is 0 Å². The third-order valence-corrected chi connectivity index (χ3v) is 7.44. The first kappa shape index (κ1) is 15.9. The molecule has 22 heavy (non-hydrogen) atoms. The fourth-order valence-corrected chi connectivity index (χ4v) is 5.36. The van der Waals surface area contributed by atoms with Gasteiger partial charge in [-0.05, 0) is 42.7 Å². The van der Waals surface area contributed by atoms with E-state index in [4.69, 9.17) is 4.74 Å². The van der Waals surface area contributed by atoms with Crippen molar-refractivity contribution in [1.82, 2.24) is 0 Å². The van der Waals surface area contributed by atoms with Gasteiger partial charge in [0, 0.05) is 10.9 Å². The molecule has 0 N–H and O–H groups in total. The van der Waals surface area contributed by atoms with Crippen molar-refractivity contribution < 1.29 is 9.53 Å². The first-order chi connectivity index (χ1) is 10.7. The Morgan fingerprint density at radius 1 is 1.00 bits per heavy atom. The quantitative estimate of drug-likeness (QED) is 0.237. The van der Waals surface area contributed by atoms with E-state index in [0.29, 0.717) is 16.6 Å². The van der Waals surface area contributed by atoms with Gasteiger partial charge in [0.15, 0.2) is 4.90 Å². The van der Waals surface area contributed by atoms with Gasteiger partial charge in [-0.1, -0.05) is 52.9 Å². The van der Waals surface area contributed by atoms with E-state index >= 15 is 0 Å². The Labute approximate surface area is 147 Å². The second-order valence-corrected chi connectivity index (χ2v) is 8.79. The highest BCUT2D eigenvalue weighted by Crippen LogP contribution is 2.28. The molecule has 2 aromatic rings. The van der Waals surface area contributed by atoms with Crippen LogP contribution in [0.5, 0.6) is 5.75 Å². The number of benzene rings is 2. The van der Waals surface area contributed by atoms with Crippen molar-refractivity contribution in [3.63, 3.8) is 0 Å². The minimum atomic E-state index is -0.282. The fourth-order valence-electron chi connectivity index (χ4n) is 2.52. The maximum atomic E-state index is 12.2. The van der Waals surface area contributed by atoms with Gasteiger partial charge in [0.25, 0.3) is 0 Å². The van der Waals surface area contributed by atoms with E-state index in [1.165, 1.54) is 29.2 Å². The Bertz CT molecular complexity index is 621. The third-order valence-electron chi connectivity index (χ3n) is 3.71. The van der Waals surface area contributed by atoms with Gasteiger partial charge >= 0.3 is 5.97 Å². The summed E-state index contributed by atoms with van der Waals surface area (Å²) in [7, 11) is 0.408. The number of carbonyl (C=O) groups excluding carboxylic acids is 1. The predicted molar refractivity (Wildman–Crippen MR) is 99.9 cm³/mol. The molecule has 1 heterocycles. The van der Waals surface area contributed by atoms with Crippen molar-refractivity contribution in [3.05, 3.63) is 60.2 Å². The molecule has 0 spiro atoms. The lowest BCUT2D eigenvalue weighted by molar-refractivity contribution is -0.133. The van der Waals surface area contributed by atoms with Crippen molar-refractivity contribution >= 4 is 39.5 Å². The third kappa shape index (κ3) is 3.84. The Kier molecular flexibility index (Phi) is 5.41. The van der Waals surface area contributed by atoms with Crippen LogP contribution in [-0.4, -0.2) is 17.5 Å². The number of alkyl halides is 1. The minimum Gasteiger partial charge on any atom is -0.426 e. The molecular formula is C18H18IO2S+. The normalized spacial score (nSPS) is 16.4. The van der Waals surface area contributed by atoms with Crippen LogP contribution in [0.2, 0.25) is 0 Å². The van der Waals surface area contributed by atoms with E-state index in [1.807, 2.05) is 42.5 Å². The molecule has 0 aliphatic carbocycles. The van der Waals surface area contributed by atoms with Gasteiger partial charge in [0.2, 0.25) is 0 Å². The number of carbonyl (C=O) groups is 1. The second-order valence-electron chi connectivity index (χ2n) is 5.27. The fraction of sp³-hybridized carbons (Fsp3) is 0.278. The lowest BCUT2D eigenvalue weighted by atomic mass is 10.1. The summed E-state index contributed by atoms with van der Waals surface area (Å²) >= 11 is 2.12. The van der Waals surface area contributed by atoms with Crippen LogP contribution in [0.1, 0.15) is 22.3 Å². The summed E-state index contributed by atoms with van der Waals surface area (Å²) in [5.41, 5.74) is 0.970. The summed E-state index contributed by atoms with van der Waals surface area (Å²) in [6, 6.07) is 17.8. The second kappa shape index (κ2) is 7.51. The largest absolute Gasteiger partial charge is 0.426 e. The highest BCUT2D eigenvalue weighted by Gasteiger charge is 2.26. The first-order valence-electron chi connectivity index (χ1n) is 7.42. The minimum absolute atomic E-state index is 0.220. The SMILES string of the molecule is O=C(Oc1ccc([S+]2CCCC2)cc1)C(I)c1ccccc1. The van der Waals surface area contributed by atoms with E-state index in [1.54, 1.807) is 0 Å². The van der Waals surface area contributed by atoms with Gasteiger partial charge in [0.05, 0.1) is 0 Å². The van der Waals surface area contributed by atoms with Crippen molar-refractivity contribution in [2.24, 2.45) is 0 Å². The van der Waals surface area contributed by atoms with Gasteiger partial charge in [-0.3, -0.25) is 4.79 Å². The van der Waals surface area contributed by atoms with Crippen molar-refractivity contribution in [1.29, 1.82) is 0 Å². The monoisotopic (exact) mass is 425 g/mol. The van der Waals surface area contributed by atoms with Crippen LogP contribution < -0.4 is 4.74 Å². The van der Waals surface area contributed by atoms with Crippen LogP contribution >= 0.6 is 22.6 Å². The molecule has 0 bridgehead atoms. The van der Waals surface area contributed by atoms with E-state index in [-0.39, 0.29) is 9.89 Å². The Hall–Kier alpha value is -1.01. The van der Waals surface area contributed by atoms with Crippen molar-refractivity contribution in [2.45, 2.75) is 21.7 Å². The number of hydrogen-bond acceptors (Lipinski definition) is 2. The summed E-state index contributed by atoms with van der Waals surface area (Å²) in [6.45, 7) is 0. The van der Waals surface area contributed by atoms with Crippen LogP contribution in [0.25, 0.3) is 0 Å². The number of ether oxygens (including phenoxy) is 1. The van der Waals surface area contributed by atoms with Gasteiger partial charge < -0.3 is 4.74 Å². The first-order valence-corrected chi connectivity index (χ1v) is 10.2. The molecule has 1 aliphatic rings. The Morgan fingerprint density at radius 3 is 2.27 bits per heavy atom. The molecule has 0 saturated carbocycles. The molecule has 1 fully saturated rings. The average Bonchev–Trinajstić information content (AvgIpc) is 3.10. The zero-order valence-electron chi connectivity index (χ0n) is 12.2. The van der Waals surface area contributed by atoms with E-state index in [2.05, 4.69) is 34.7 Å². The average molecular weight is 425 g/mol. The highest BCUT2D eigenvalue weighted by molar-refractivity contribution is 14.1. The van der Waals surface area contributed by atoms with Gasteiger partial charge in [0.1, 0.15) is 21.2 Å². The maximum Gasteiger partial charge on any atom is 0.328 e. The summed E-state index contributed by atoms with van der Waals surface area (Å²) < 4.78 is 5.22. The molecule has 1 saturated heterocycles. The predicted octanol–water partition coefficient (Wildman–Crippen LogP) is 4.54. The summed E-state index contributed by atoms with van der Waals surface area (Å²) in [5.74, 6) is 3.03. The maximum absolute atomic E-state index is 12.2. The zero-order chi connectivity index (χ0) is 15.4. The zero-order valence-corrected chi connectivity index (χ0v) is 15.2. The number of rotatable bonds is 4. The topological polar surface area (TPSA) is 26.3 Å². The summed E-state index contributed by atoms with van der Waals surface area (Å²) in [4.78, 5) is 13.6. The molecule has 3 rings (SSSR count). The van der Waals surface area contributed by atoms with E-state index in [9.17, 15) is 4.79 Å². The van der Waals surface area contributed by atoms with Gasteiger partial charge in [-0.15, -0.1) is 0 Å². The smallest absolute Gasteiger partial charge is 0.328 e. The lowest BCUT2D eigenvalue weighted by Crippen LogP contribution is -2.14. The molecule has 0 aromatic heterocycles. The molecule has 1 atom stereocenters. The van der Waals surface area contributed by atoms with Gasteiger partial charge in [-0.25, -0.2) is 0 Å². The summed E-state index contributed by atoms with van der Waals surface area (Å²) in [6.07, 6.45) is 2.68. The molecule has 114 valence electrons. The van der Waals surface area contributed by atoms with E-state index < -0.39 is 0 Å². The Balaban J connectivity index is 1.64. The van der Waals surface area contributed by atoms with Crippen LogP contribution in [0, 0.1) is 0 Å². The van der Waals surface area contributed by atoms with E-state index in [0.717, 1.165) is 5.56 Å². The molecule has 2 aromatic carbocycles. The molecular weight excluding hydrogens is 407 g/mol. The van der Waals surface area contributed by atoms with Crippen molar-refractivity contribution in [2.75, 3.05) is 11.5 Å². The Morgan fingerprint density at radius 2 is 1.64 bits per heavy atom. The molecule has 1 aliphatic heterocycles. The number of hydrogen-bond donors (Lipinski definition) is 0. The molecule has 1 unspecified atom stereocenters.